The molecule has 0 fully saturated rings. The van der Waals surface area contributed by atoms with Gasteiger partial charge in [0.2, 0.25) is 0 Å². The highest BCUT2D eigenvalue weighted by atomic mass is 16.3. The van der Waals surface area contributed by atoms with Crippen LogP contribution < -0.4 is 0 Å². The first-order valence-corrected chi connectivity index (χ1v) is 18.1. The Kier molecular flexibility index (Phi) is 7.79. The van der Waals surface area contributed by atoms with E-state index in [4.69, 9.17) is 19.4 Å². The van der Waals surface area contributed by atoms with Gasteiger partial charge < -0.3 is 4.42 Å². The fraction of sp³-hybridized carbons (Fsp3) is 0. The van der Waals surface area contributed by atoms with E-state index in [-0.39, 0.29) is 0 Å². The normalized spacial score (nSPS) is 11.3. The Labute approximate surface area is 317 Å². The van der Waals surface area contributed by atoms with Gasteiger partial charge in [-0.15, -0.1) is 0 Å². The third-order valence-corrected chi connectivity index (χ3v) is 10.1. The summed E-state index contributed by atoms with van der Waals surface area (Å²) in [6.45, 7) is 0. The highest BCUT2D eigenvalue weighted by molar-refractivity contribution is 6.13. The molecule has 256 valence electrons. The van der Waals surface area contributed by atoms with Gasteiger partial charge in [-0.25, -0.2) is 15.0 Å². The van der Waals surface area contributed by atoms with Gasteiger partial charge in [0.25, 0.3) is 0 Å². The molecule has 2 heterocycles. The van der Waals surface area contributed by atoms with Crippen molar-refractivity contribution >= 4 is 32.7 Å². The fourth-order valence-corrected chi connectivity index (χ4v) is 7.38. The van der Waals surface area contributed by atoms with Gasteiger partial charge in [-0.2, -0.15) is 5.26 Å². The number of rotatable bonds is 6. The van der Waals surface area contributed by atoms with Crippen LogP contribution in [0.3, 0.4) is 0 Å². The second-order valence-corrected chi connectivity index (χ2v) is 13.6. The molecular weight excluding hydrogens is 673 g/mol. The maximum absolute atomic E-state index is 9.52. The average molecular weight is 703 g/mol. The monoisotopic (exact) mass is 702 g/mol. The van der Waals surface area contributed by atoms with Crippen LogP contribution in [-0.2, 0) is 0 Å². The topological polar surface area (TPSA) is 75.6 Å². The van der Waals surface area contributed by atoms with E-state index in [1.165, 1.54) is 11.1 Å². The molecule has 55 heavy (non-hydrogen) atoms. The number of aromatic nitrogens is 3. The van der Waals surface area contributed by atoms with Crippen LogP contribution in [0.2, 0.25) is 0 Å². The van der Waals surface area contributed by atoms with Gasteiger partial charge in [-0.1, -0.05) is 140 Å². The molecule has 8 aromatic carbocycles. The zero-order valence-electron chi connectivity index (χ0n) is 29.5. The van der Waals surface area contributed by atoms with Crippen molar-refractivity contribution in [1.82, 2.24) is 15.0 Å². The van der Waals surface area contributed by atoms with Gasteiger partial charge in [0.1, 0.15) is 11.2 Å². The lowest BCUT2D eigenvalue weighted by Crippen LogP contribution is -2.00. The Morgan fingerprint density at radius 2 is 0.945 bits per heavy atom. The summed E-state index contributed by atoms with van der Waals surface area (Å²) in [4.78, 5) is 15.2. The molecule has 0 amide bonds. The third-order valence-electron chi connectivity index (χ3n) is 10.1. The number of nitrogens with zero attached hydrogens (tertiary/aromatic N) is 4. The Hall–Kier alpha value is -7.68. The summed E-state index contributed by atoms with van der Waals surface area (Å²) in [7, 11) is 0. The van der Waals surface area contributed by atoms with Crippen LogP contribution in [0, 0.1) is 11.3 Å². The van der Waals surface area contributed by atoms with E-state index >= 15 is 0 Å². The molecular formula is C50H30N4O. The molecule has 0 spiro atoms. The fourth-order valence-electron chi connectivity index (χ4n) is 7.38. The van der Waals surface area contributed by atoms with Gasteiger partial charge in [-0.05, 0) is 86.6 Å². The van der Waals surface area contributed by atoms with Crippen molar-refractivity contribution in [2.45, 2.75) is 0 Å². The zero-order chi connectivity index (χ0) is 36.7. The summed E-state index contributed by atoms with van der Waals surface area (Å²) < 4.78 is 6.54. The van der Waals surface area contributed by atoms with Crippen LogP contribution in [-0.4, -0.2) is 15.0 Å². The molecule has 0 unspecified atom stereocenters. The first-order valence-electron chi connectivity index (χ1n) is 18.1. The Balaban J connectivity index is 1.09. The van der Waals surface area contributed by atoms with Crippen molar-refractivity contribution in [2.24, 2.45) is 0 Å². The highest BCUT2D eigenvalue weighted by Crippen LogP contribution is 2.39. The van der Waals surface area contributed by atoms with Crippen LogP contribution in [0.4, 0.5) is 0 Å². The lowest BCUT2D eigenvalue weighted by atomic mass is 9.96. The van der Waals surface area contributed by atoms with E-state index in [9.17, 15) is 5.26 Å². The molecule has 5 nitrogen and oxygen atoms in total. The molecule has 0 aliphatic carbocycles. The lowest BCUT2D eigenvalue weighted by Gasteiger charge is -2.10. The Bertz CT molecular complexity index is 3100. The van der Waals surface area contributed by atoms with Crippen LogP contribution in [0.5, 0.6) is 0 Å². The van der Waals surface area contributed by atoms with Gasteiger partial charge in [0, 0.05) is 27.5 Å². The van der Waals surface area contributed by atoms with Gasteiger partial charge >= 0.3 is 0 Å². The van der Waals surface area contributed by atoms with Crippen molar-refractivity contribution in [3.8, 4) is 73.6 Å². The molecule has 10 rings (SSSR count). The minimum atomic E-state index is 0.545. The Morgan fingerprint density at radius 3 is 1.73 bits per heavy atom. The maximum atomic E-state index is 9.52. The molecule has 0 radical (unpaired) electrons. The maximum Gasteiger partial charge on any atom is 0.164 e. The SMILES string of the molecule is N#Cc1cccc(-c2cccc(-c3nc(-c4ccc5ccccc5c4)nc(-c4ccc5c(c4)oc4cccc(-c6ccc(-c7ccccc7)cc6)c45)n3)c2)c1. The number of benzene rings is 8. The highest BCUT2D eigenvalue weighted by Gasteiger charge is 2.17. The molecule has 0 saturated heterocycles. The van der Waals surface area contributed by atoms with Crippen molar-refractivity contribution in [2.75, 3.05) is 0 Å². The smallest absolute Gasteiger partial charge is 0.164 e. The molecule has 0 N–H and O–H groups in total. The first-order chi connectivity index (χ1) is 27.2. The number of furan rings is 1. The van der Waals surface area contributed by atoms with Gasteiger partial charge in [-0.3, -0.25) is 0 Å². The standard InChI is InChI=1S/C50H30N4O/c51-31-32-9-6-14-37(27-32)39-15-7-16-40(29-39)48-52-49(41-24-21-34-12-4-5-13-38(34)28-41)54-50(53-48)42-25-26-44-46(30-42)55-45-18-8-17-43(47(44)45)36-22-19-35(20-23-36)33-10-2-1-3-11-33/h1-30H. The predicted octanol–water partition coefficient (Wildman–Crippen LogP) is 12.8. The molecule has 0 aliphatic heterocycles. The summed E-state index contributed by atoms with van der Waals surface area (Å²) in [5.74, 6) is 1.68. The summed E-state index contributed by atoms with van der Waals surface area (Å²) in [6.07, 6.45) is 0. The quantitative estimate of drug-likeness (QED) is 0.172. The molecule has 0 bridgehead atoms. The predicted molar refractivity (Wildman–Crippen MR) is 222 cm³/mol. The van der Waals surface area contributed by atoms with Crippen molar-refractivity contribution < 1.29 is 4.42 Å². The van der Waals surface area contributed by atoms with Gasteiger partial charge in [0.05, 0.1) is 11.6 Å². The molecule has 2 aromatic heterocycles. The molecule has 5 heteroatoms. The number of hydrogen-bond acceptors (Lipinski definition) is 5. The van der Waals surface area contributed by atoms with Gasteiger partial charge in [0.15, 0.2) is 17.5 Å². The summed E-state index contributed by atoms with van der Waals surface area (Å²) in [6, 6.07) is 64.1. The molecule has 0 aliphatic rings. The minimum absolute atomic E-state index is 0.545. The summed E-state index contributed by atoms with van der Waals surface area (Å²) >= 11 is 0. The van der Waals surface area contributed by atoms with E-state index in [1.54, 1.807) is 0 Å². The molecule has 0 saturated carbocycles. The lowest BCUT2D eigenvalue weighted by molar-refractivity contribution is 0.669. The zero-order valence-corrected chi connectivity index (χ0v) is 29.5. The average Bonchev–Trinajstić information content (AvgIpc) is 3.65. The second-order valence-electron chi connectivity index (χ2n) is 13.6. The van der Waals surface area contributed by atoms with Crippen LogP contribution >= 0.6 is 0 Å². The molecule has 10 aromatic rings. The first kappa shape index (κ1) is 32.0. The second kappa shape index (κ2) is 13.4. The van der Waals surface area contributed by atoms with Crippen LogP contribution in [0.15, 0.2) is 186 Å². The van der Waals surface area contributed by atoms with Crippen LogP contribution in [0.1, 0.15) is 5.56 Å². The van der Waals surface area contributed by atoms with Crippen molar-refractivity contribution in [3.05, 3.63) is 188 Å². The van der Waals surface area contributed by atoms with Crippen molar-refractivity contribution in [3.63, 3.8) is 0 Å². The number of nitriles is 1. The minimum Gasteiger partial charge on any atom is -0.456 e. The van der Waals surface area contributed by atoms with Crippen molar-refractivity contribution in [1.29, 1.82) is 5.26 Å². The van der Waals surface area contributed by atoms with E-state index in [0.717, 1.165) is 71.7 Å². The number of hydrogen-bond donors (Lipinski definition) is 0. The largest absolute Gasteiger partial charge is 0.456 e. The summed E-state index contributed by atoms with van der Waals surface area (Å²) in [5, 5.41) is 13.9. The third kappa shape index (κ3) is 5.98. The van der Waals surface area contributed by atoms with E-state index in [2.05, 4.69) is 109 Å². The van der Waals surface area contributed by atoms with E-state index in [1.807, 2.05) is 78.9 Å². The van der Waals surface area contributed by atoms with E-state index < -0.39 is 0 Å². The summed E-state index contributed by atoms with van der Waals surface area (Å²) in [5.41, 5.74) is 11.3. The Morgan fingerprint density at radius 1 is 0.382 bits per heavy atom. The number of fused-ring (bicyclic) bond motifs is 4. The molecule has 0 atom stereocenters. The van der Waals surface area contributed by atoms with Crippen LogP contribution in [0.25, 0.3) is 100 Å². The van der Waals surface area contributed by atoms with E-state index in [0.29, 0.717) is 23.0 Å².